The smallest absolute Gasteiger partial charge is 0.311 e. The second-order valence-electron chi connectivity index (χ2n) is 5.09. The van der Waals surface area contributed by atoms with Gasteiger partial charge in [-0.25, -0.2) is 4.98 Å². The third-order valence-electron chi connectivity index (χ3n) is 2.94. The Morgan fingerprint density at radius 2 is 2.17 bits per heavy atom. The topological polar surface area (TPSA) is 52.3 Å². The van der Waals surface area contributed by atoms with E-state index in [4.69, 9.17) is 9.15 Å². The van der Waals surface area contributed by atoms with Gasteiger partial charge in [-0.05, 0) is 38.0 Å². The molecule has 0 bridgehead atoms. The molecule has 1 aromatic heterocycles. The summed E-state index contributed by atoms with van der Waals surface area (Å²) in [5.74, 6) is 0.438. The van der Waals surface area contributed by atoms with Crippen LogP contribution in [0.3, 0.4) is 0 Å². The molecular formula is C14H17NO3. The number of hydrogen-bond donors (Lipinski definition) is 0. The van der Waals surface area contributed by atoms with Gasteiger partial charge >= 0.3 is 5.97 Å². The molecule has 0 spiro atoms. The molecule has 4 nitrogen and oxygen atoms in total. The van der Waals surface area contributed by atoms with Crippen LogP contribution >= 0.6 is 0 Å². The normalized spacial score (nSPS) is 11.8. The second kappa shape index (κ2) is 4.44. The van der Waals surface area contributed by atoms with Gasteiger partial charge in [-0.1, -0.05) is 6.07 Å². The Kier molecular flexibility index (Phi) is 3.11. The van der Waals surface area contributed by atoms with E-state index in [1.165, 1.54) is 7.11 Å². The van der Waals surface area contributed by atoms with Gasteiger partial charge in [-0.2, -0.15) is 0 Å². The van der Waals surface area contributed by atoms with Gasteiger partial charge in [0.1, 0.15) is 5.52 Å². The molecule has 0 amide bonds. The van der Waals surface area contributed by atoms with Gasteiger partial charge in [0.15, 0.2) is 11.5 Å². The van der Waals surface area contributed by atoms with Crippen LogP contribution in [0.5, 0.6) is 0 Å². The van der Waals surface area contributed by atoms with Gasteiger partial charge in [0.2, 0.25) is 0 Å². The Morgan fingerprint density at radius 3 is 2.83 bits per heavy atom. The molecule has 0 atom stereocenters. The Hall–Kier alpha value is -1.84. The van der Waals surface area contributed by atoms with E-state index in [1.54, 1.807) is 0 Å². The number of aromatic nitrogens is 1. The molecular weight excluding hydrogens is 230 g/mol. The molecule has 2 rings (SSSR count). The summed E-state index contributed by atoms with van der Waals surface area (Å²) in [6, 6.07) is 5.80. The van der Waals surface area contributed by atoms with Crippen LogP contribution in [0, 0.1) is 12.3 Å². The van der Waals surface area contributed by atoms with Crippen molar-refractivity contribution in [2.24, 2.45) is 5.41 Å². The molecule has 0 saturated carbocycles. The molecule has 96 valence electrons. The summed E-state index contributed by atoms with van der Waals surface area (Å²) in [5.41, 5.74) is 2.10. The van der Waals surface area contributed by atoms with Crippen LogP contribution in [0.1, 0.15) is 25.3 Å². The molecule has 0 fully saturated rings. The van der Waals surface area contributed by atoms with Gasteiger partial charge < -0.3 is 9.15 Å². The molecule has 2 aromatic rings. The van der Waals surface area contributed by atoms with Gasteiger partial charge in [-0.3, -0.25) is 4.79 Å². The Morgan fingerprint density at radius 1 is 1.44 bits per heavy atom. The number of fused-ring (bicyclic) bond motifs is 1. The molecule has 0 aliphatic heterocycles. The summed E-state index contributed by atoms with van der Waals surface area (Å²) in [5, 5.41) is 0. The fourth-order valence-corrected chi connectivity index (χ4v) is 2.06. The number of nitrogens with zero attached hydrogens (tertiary/aromatic N) is 1. The van der Waals surface area contributed by atoms with Crippen molar-refractivity contribution < 1.29 is 13.9 Å². The molecule has 0 N–H and O–H groups in total. The monoisotopic (exact) mass is 247 g/mol. The van der Waals surface area contributed by atoms with Crippen LogP contribution in [-0.4, -0.2) is 18.1 Å². The lowest BCUT2D eigenvalue weighted by Crippen LogP contribution is -2.27. The number of oxazole rings is 1. The summed E-state index contributed by atoms with van der Waals surface area (Å²) in [6.45, 7) is 5.56. The quantitative estimate of drug-likeness (QED) is 0.782. The first-order valence-electron chi connectivity index (χ1n) is 5.87. The Balaban J connectivity index is 2.29. The number of esters is 1. The summed E-state index contributed by atoms with van der Waals surface area (Å²) < 4.78 is 10.2. The van der Waals surface area contributed by atoms with Crippen LogP contribution < -0.4 is 0 Å². The van der Waals surface area contributed by atoms with E-state index in [-0.39, 0.29) is 5.97 Å². The largest absolute Gasteiger partial charge is 0.469 e. The second-order valence-corrected chi connectivity index (χ2v) is 5.09. The zero-order valence-electron chi connectivity index (χ0n) is 11.1. The molecule has 0 aliphatic rings. The molecule has 1 aromatic carbocycles. The lowest BCUT2D eigenvalue weighted by molar-refractivity contribution is -0.150. The molecule has 1 heterocycles. The Labute approximate surface area is 106 Å². The average Bonchev–Trinajstić information content (AvgIpc) is 2.66. The van der Waals surface area contributed by atoms with Crippen molar-refractivity contribution in [3.63, 3.8) is 0 Å². The lowest BCUT2D eigenvalue weighted by atomic mass is 9.86. The number of carbonyl (C=O) groups excluding carboxylic acids is 1. The lowest BCUT2D eigenvalue weighted by Gasteiger charge is -2.21. The number of benzene rings is 1. The van der Waals surface area contributed by atoms with Gasteiger partial charge in [0.05, 0.1) is 12.5 Å². The van der Waals surface area contributed by atoms with Crippen LogP contribution in [0.15, 0.2) is 22.6 Å². The molecule has 0 aliphatic carbocycles. The minimum atomic E-state index is -0.540. The predicted octanol–water partition coefficient (Wildman–Crippen LogP) is 2.88. The number of aryl methyl sites for hydroxylation is 1. The van der Waals surface area contributed by atoms with Crippen LogP contribution in [0.2, 0.25) is 0 Å². The predicted molar refractivity (Wildman–Crippen MR) is 68.2 cm³/mol. The van der Waals surface area contributed by atoms with Crippen molar-refractivity contribution in [2.75, 3.05) is 7.11 Å². The highest BCUT2D eigenvalue weighted by Gasteiger charge is 2.29. The van der Waals surface area contributed by atoms with E-state index < -0.39 is 5.41 Å². The standard InChI is InChI=1S/C14H17NO3/c1-9-15-11-7-10(5-6-12(11)18-9)8-14(2,3)13(16)17-4/h5-7H,8H2,1-4H3. The molecule has 4 heteroatoms. The van der Waals surface area contributed by atoms with E-state index in [0.717, 1.165) is 16.7 Å². The SMILES string of the molecule is COC(=O)C(C)(C)Cc1ccc2oc(C)nc2c1. The highest BCUT2D eigenvalue weighted by atomic mass is 16.5. The van der Waals surface area contributed by atoms with Crippen molar-refractivity contribution in [1.29, 1.82) is 0 Å². The van der Waals surface area contributed by atoms with Gasteiger partial charge in [0, 0.05) is 6.92 Å². The summed E-state index contributed by atoms with van der Waals surface area (Å²) in [6.07, 6.45) is 0.613. The molecule has 18 heavy (non-hydrogen) atoms. The maximum Gasteiger partial charge on any atom is 0.311 e. The fourth-order valence-electron chi connectivity index (χ4n) is 2.06. The van der Waals surface area contributed by atoms with Crippen molar-refractivity contribution in [3.8, 4) is 0 Å². The fraction of sp³-hybridized carbons (Fsp3) is 0.429. The summed E-state index contributed by atoms with van der Waals surface area (Å²) in [7, 11) is 1.41. The first kappa shape index (κ1) is 12.6. The third-order valence-corrected chi connectivity index (χ3v) is 2.94. The average molecular weight is 247 g/mol. The minimum Gasteiger partial charge on any atom is -0.469 e. The van der Waals surface area contributed by atoms with Crippen molar-refractivity contribution in [1.82, 2.24) is 4.98 Å². The third kappa shape index (κ3) is 2.37. The number of hydrogen-bond acceptors (Lipinski definition) is 4. The number of methoxy groups -OCH3 is 1. The van der Waals surface area contributed by atoms with Crippen LogP contribution in [-0.2, 0) is 16.0 Å². The number of ether oxygens (including phenoxy) is 1. The summed E-state index contributed by atoms with van der Waals surface area (Å²) in [4.78, 5) is 15.9. The van der Waals surface area contributed by atoms with Crippen molar-refractivity contribution in [2.45, 2.75) is 27.2 Å². The Bertz CT molecular complexity index is 584. The maximum atomic E-state index is 11.6. The minimum absolute atomic E-state index is 0.209. The first-order valence-corrected chi connectivity index (χ1v) is 5.87. The molecule has 0 unspecified atom stereocenters. The van der Waals surface area contributed by atoms with Crippen LogP contribution in [0.4, 0.5) is 0 Å². The molecule has 0 saturated heterocycles. The highest BCUT2D eigenvalue weighted by Crippen LogP contribution is 2.25. The van der Waals surface area contributed by atoms with E-state index in [9.17, 15) is 4.79 Å². The van der Waals surface area contributed by atoms with Crippen LogP contribution in [0.25, 0.3) is 11.1 Å². The van der Waals surface area contributed by atoms with Crippen molar-refractivity contribution in [3.05, 3.63) is 29.7 Å². The van der Waals surface area contributed by atoms with E-state index in [0.29, 0.717) is 12.3 Å². The zero-order valence-corrected chi connectivity index (χ0v) is 11.1. The van der Waals surface area contributed by atoms with Gasteiger partial charge in [0.25, 0.3) is 0 Å². The molecule has 0 radical (unpaired) electrons. The number of rotatable bonds is 3. The van der Waals surface area contributed by atoms with E-state index >= 15 is 0 Å². The van der Waals surface area contributed by atoms with E-state index in [1.807, 2.05) is 39.0 Å². The maximum absolute atomic E-state index is 11.6. The number of carbonyl (C=O) groups is 1. The zero-order chi connectivity index (χ0) is 13.3. The van der Waals surface area contributed by atoms with Crippen molar-refractivity contribution >= 4 is 17.1 Å². The summed E-state index contributed by atoms with van der Waals surface area (Å²) >= 11 is 0. The first-order chi connectivity index (χ1) is 8.42. The van der Waals surface area contributed by atoms with Gasteiger partial charge in [-0.15, -0.1) is 0 Å². The van der Waals surface area contributed by atoms with E-state index in [2.05, 4.69) is 4.98 Å². The highest BCUT2D eigenvalue weighted by molar-refractivity contribution is 5.77.